The third-order valence-electron chi connectivity index (χ3n) is 5.88. The van der Waals surface area contributed by atoms with Gasteiger partial charge < -0.3 is 9.47 Å². The lowest BCUT2D eigenvalue weighted by Crippen LogP contribution is -2.49. The van der Waals surface area contributed by atoms with Gasteiger partial charge in [-0.25, -0.2) is 14.3 Å². The van der Waals surface area contributed by atoms with E-state index in [4.69, 9.17) is 9.47 Å². The van der Waals surface area contributed by atoms with E-state index in [2.05, 4.69) is 10.1 Å². The Balaban J connectivity index is 1.55. The van der Waals surface area contributed by atoms with Crippen LogP contribution in [0.1, 0.15) is 48.8 Å². The van der Waals surface area contributed by atoms with Crippen LogP contribution in [-0.2, 0) is 16.0 Å². The number of nitrogens with one attached hydrogen (secondary N) is 1. The van der Waals surface area contributed by atoms with Crippen molar-refractivity contribution in [3.05, 3.63) is 32.8 Å². The van der Waals surface area contributed by atoms with Crippen molar-refractivity contribution >= 4 is 22.4 Å². The van der Waals surface area contributed by atoms with E-state index >= 15 is 0 Å². The summed E-state index contributed by atoms with van der Waals surface area (Å²) in [6.45, 7) is 7.74. The van der Waals surface area contributed by atoms with Crippen LogP contribution in [-0.4, -0.2) is 57.2 Å². The van der Waals surface area contributed by atoms with Crippen LogP contribution < -0.4 is 10.6 Å². The number of nitrogens with zero attached hydrogens (tertiary/aromatic N) is 4. The number of hydrogen-bond donors (Lipinski definition) is 1. The molecule has 0 radical (unpaired) electrons. The molecule has 3 unspecified atom stereocenters. The lowest BCUT2D eigenvalue weighted by molar-refractivity contribution is 0.111. The highest BCUT2D eigenvalue weighted by molar-refractivity contribution is 7.16. The Bertz CT molecular complexity index is 989. The molecule has 2 aromatic heterocycles. The maximum atomic E-state index is 13.5. The van der Waals surface area contributed by atoms with E-state index in [1.54, 1.807) is 11.3 Å². The van der Waals surface area contributed by atoms with Crippen molar-refractivity contribution in [3.8, 4) is 0 Å². The average Bonchev–Trinajstić information content (AvgIpc) is 3.00. The molecule has 10 heteroatoms. The molecule has 156 valence electrons. The summed E-state index contributed by atoms with van der Waals surface area (Å²) < 4.78 is 13.2. The molecule has 1 N–H and O–H groups in total. The number of carbonyl (C=O) groups is 1. The van der Waals surface area contributed by atoms with Gasteiger partial charge in [-0.3, -0.25) is 14.8 Å². The maximum Gasteiger partial charge on any atom is 0.343 e. The summed E-state index contributed by atoms with van der Waals surface area (Å²) in [7, 11) is 0. The number of aromatic amines is 1. The summed E-state index contributed by atoms with van der Waals surface area (Å²) in [6, 6.07) is 0.00685. The summed E-state index contributed by atoms with van der Waals surface area (Å²) in [6.07, 6.45) is 3.08. The Morgan fingerprint density at radius 3 is 2.86 bits per heavy atom. The first-order valence-corrected chi connectivity index (χ1v) is 10.9. The molecule has 2 fully saturated rings. The second-order valence-corrected chi connectivity index (χ2v) is 9.18. The van der Waals surface area contributed by atoms with E-state index in [0.29, 0.717) is 13.1 Å². The molecule has 9 nitrogen and oxygen atoms in total. The summed E-state index contributed by atoms with van der Waals surface area (Å²) >= 11 is 1.55. The zero-order valence-electron chi connectivity index (χ0n) is 16.8. The topological polar surface area (TPSA) is 96.0 Å². The Morgan fingerprint density at radius 2 is 2.21 bits per heavy atom. The molecule has 0 aromatic carbocycles. The maximum absolute atomic E-state index is 13.5. The molecule has 5 heterocycles. The number of thiophene rings is 1. The summed E-state index contributed by atoms with van der Waals surface area (Å²) in [5.41, 5.74) is 1.89. The molecule has 2 saturated heterocycles. The Kier molecular flexibility index (Phi) is 4.52. The van der Waals surface area contributed by atoms with Crippen LogP contribution in [0.4, 0.5) is 9.80 Å². The fourth-order valence-electron chi connectivity index (χ4n) is 4.30. The standard InChI is InChI=1S/C19H25N5O4S/c1-10(2)24-16-15(28-16)14-11(3)13(8-23-18(25)20-9-21-23)29-17(14)22(19(24)26)7-12-5-4-6-27-12/h9-10,12,15-16H,4-8H2,1-3H3,(H,20,21,25). The first kappa shape index (κ1) is 18.8. The molecule has 3 atom stereocenters. The number of anilines is 1. The number of urea groups is 1. The minimum absolute atomic E-state index is 0.0357. The number of amides is 2. The van der Waals surface area contributed by atoms with Crippen LogP contribution in [0.2, 0.25) is 0 Å². The van der Waals surface area contributed by atoms with Gasteiger partial charge in [0.25, 0.3) is 0 Å². The molecule has 5 rings (SSSR count). The lowest BCUT2D eigenvalue weighted by Gasteiger charge is -2.31. The third kappa shape index (κ3) is 3.10. The predicted octanol–water partition coefficient (Wildman–Crippen LogP) is 2.22. The molecular formula is C19H25N5O4S. The fraction of sp³-hybridized carbons (Fsp3) is 0.632. The highest BCUT2D eigenvalue weighted by Gasteiger charge is 2.54. The van der Waals surface area contributed by atoms with Crippen molar-refractivity contribution in [2.24, 2.45) is 0 Å². The summed E-state index contributed by atoms with van der Waals surface area (Å²) in [5, 5.41) is 4.99. The fourth-order valence-corrected chi connectivity index (χ4v) is 5.63. The van der Waals surface area contributed by atoms with Gasteiger partial charge in [0.2, 0.25) is 0 Å². The Labute approximate surface area is 172 Å². The van der Waals surface area contributed by atoms with E-state index in [9.17, 15) is 9.59 Å². The van der Waals surface area contributed by atoms with Gasteiger partial charge in [-0.1, -0.05) is 0 Å². The first-order valence-electron chi connectivity index (χ1n) is 10.0. The highest BCUT2D eigenvalue weighted by Crippen LogP contribution is 2.53. The molecular weight excluding hydrogens is 394 g/mol. The minimum Gasteiger partial charge on any atom is -0.376 e. The van der Waals surface area contributed by atoms with E-state index in [1.807, 2.05) is 30.6 Å². The van der Waals surface area contributed by atoms with Gasteiger partial charge in [0.1, 0.15) is 17.4 Å². The zero-order chi connectivity index (χ0) is 20.3. The number of rotatable bonds is 5. The van der Waals surface area contributed by atoms with E-state index in [-0.39, 0.29) is 36.2 Å². The Morgan fingerprint density at radius 1 is 1.38 bits per heavy atom. The number of ether oxygens (including phenoxy) is 2. The second kappa shape index (κ2) is 6.96. The molecule has 3 aliphatic heterocycles. The Hall–Kier alpha value is -2.17. The van der Waals surface area contributed by atoms with Crippen molar-refractivity contribution in [2.75, 3.05) is 18.1 Å². The van der Waals surface area contributed by atoms with Crippen molar-refractivity contribution in [3.63, 3.8) is 0 Å². The monoisotopic (exact) mass is 419 g/mol. The van der Waals surface area contributed by atoms with Crippen molar-refractivity contribution in [2.45, 2.75) is 64.6 Å². The van der Waals surface area contributed by atoms with Crippen molar-refractivity contribution < 1.29 is 14.3 Å². The number of carbonyl (C=O) groups excluding carboxylic acids is 1. The summed E-state index contributed by atoms with van der Waals surface area (Å²) in [4.78, 5) is 32.7. The molecule has 2 amide bonds. The molecule has 0 aliphatic carbocycles. The largest absolute Gasteiger partial charge is 0.376 e. The van der Waals surface area contributed by atoms with E-state index in [1.165, 1.54) is 11.0 Å². The molecule has 0 bridgehead atoms. The summed E-state index contributed by atoms with van der Waals surface area (Å²) in [5.74, 6) is 0. The predicted molar refractivity (Wildman–Crippen MR) is 107 cm³/mol. The number of epoxide rings is 1. The third-order valence-corrected chi connectivity index (χ3v) is 7.19. The SMILES string of the molecule is Cc1c(Cn2nc[nH]c2=O)sc2c1C1OC1N(C(C)C)C(=O)N2CC1CCCO1. The molecule has 29 heavy (non-hydrogen) atoms. The zero-order valence-corrected chi connectivity index (χ0v) is 17.6. The lowest BCUT2D eigenvalue weighted by atomic mass is 10.1. The van der Waals surface area contributed by atoms with Gasteiger partial charge >= 0.3 is 11.7 Å². The normalized spacial score (nSPS) is 26.1. The van der Waals surface area contributed by atoms with Gasteiger partial charge in [0.15, 0.2) is 6.23 Å². The van der Waals surface area contributed by atoms with Crippen LogP contribution >= 0.6 is 11.3 Å². The highest BCUT2D eigenvalue weighted by atomic mass is 32.1. The van der Waals surface area contributed by atoms with Crippen LogP contribution in [0, 0.1) is 6.92 Å². The van der Waals surface area contributed by atoms with Gasteiger partial charge in [-0.2, -0.15) is 5.10 Å². The van der Waals surface area contributed by atoms with Crippen LogP contribution in [0.5, 0.6) is 0 Å². The van der Waals surface area contributed by atoms with Gasteiger partial charge in [0, 0.05) is 23.1 Å². The number of fused-ring (bicyclic) bond motifs is 3. The molecule has 3 aliphatic rings. The number of hydrogen-bond acceptors (Lipinski definition) is 6. The van der Waals surface area contributed by atoms with Crippen LogP contribution in [0.15, 0.2) is 11.1 Å². The van der Waals surface area contributed by atoms with Gasteiger partial charge in [-0.05, 0) is 39.2 Å². The van der Waals surface area contributed by atoms with Gasteiger partial charge in [-0.15, -0.1) is 11.3 Å². The van der Waals surface area contributed by atoms with E-state index < -0.39 is 0 Å². The number of aromatic nitrogens is 3. The van der Waals surface area contributed by atoms with Crippen molar-refractivity contribution in [1.82, 2.24) is 19.7 Å². The second-order valence-electron chi connectivity index (χ2n) is 8.10. The van der Waals surface area contributed by atoms with E-state index in [0.717, 1.165) is 40.5 Å². The van der Waals surface area contributed by atoms with Gasteiger partial charge in [0.05, 0.1) is 19.2 Å². The quantitative estimate of drug-likeness (QED) is 0.750. The molecule has 0 saturated carbocycles. The first-order chi connectivity index (χ1) is 14.0. The minimum atomic E-state index is -0.244. The van der Waals surface area contributed by atoms with Crippen molar-refractivity contribution in [1.29, 1.82) is 0 Å². The number of H-pyrrole nitrogens is 1. The van der Waals surface area contributed by atoms with Crippen LogP contribution in [0.25, 0.3) is 0 Å². The molecule has 0 spiro atoms. The van der Waals surface area contributed by atoms with Crippen LogP contribution in [0.3, 0.4) is 0 Å². The smallest absolute Gasteiger partial charge is 0.343 e. The average molecular weight is 420 g/mol. The molecule has 2 aromatic rings.